The fraction of sp³-hybridized carbons (Fsp3) is 0.923. The van der Waals surface area contributed by atoms with E-state index in [2.05, 4.69) is 9.71 Å². The number of halogens is 1. The van der Waals surface area contributed by atoms with Gasteiger partial charge in [0.1, 0.15) is 0 Å². The lowest BCUT2D eigenvalue weighted by Gasteiger charge is -2.31. The van der Waals surface area contributed by atoms with Crippen molar-refractivity contribution in [2.75, 3.05) is 38.5 Å². The predicted octanol–water partition coefficient (Wildman–Crippen LogP) is 0.359. The number of guanidine groups is 1. The predicted molar refractivity (Wildman–Crippen MR) is 98.0 cm³/mol. The summed E-state index contributed by atoms with van der Waals surface area (Å²) < 4.78 is 31.7. The molecule has 0 aromatic carbocycles. The standard InChI is InChI=1S/C13H26N4O3S.HI/c1-11-10-17(6-7-20-11)13(14)15-5-8-21(18,19)16-9-12-3-2-4-12;/h11-12,16H,2-10H2,1H3,(H2,14,15);1H. The second kappa shape index (κ2) is 9.24. The Morgan fingerprint density at radius 3 is 2.77 bits per heavy atom. The zero-order valence-electron chi connectivity index (χ0n) is 13.0. The van der Waals surface area contributed by atoms with Gasteiger partial charge in [-0.25, -0.2) is 13.1 Å². The Labute approximate surface area is 150 Å². The van der Waals surface area contributed by atoms with E-state index in [-0.39, 0.29) is 42.4 Å². The van der Waals surface area contributed by atoms with Crippen LogP contribution in [0.5, 0.6) is 0 Å². The molecule has 0 spiro atoms. The van der Waals surface area contributed by atoms with Crippen molar-refractivity contribution < 1.29 is 13.2 Å². The number of nitrogens with zero attached hydrogens (tertiary/aromatic N) is 2. The molecule has 1 saturated carbocycles. The largest absolute Gasteiger partial charge is 0.375 e. The number of ether oxygens (including phenoxy) is 1. The Morgan fingerprint density at radius 2 is 2.18 bits per heavy atom. The summed E-state index contributed by atoms with van der Waals surface area (Å²) in [6.45, 7) is 4.75. The summed E-state index contributed by atoms with van der Waals surface area (Å²) in [6.07, 6.45) is 3.59. The second-order valence-corrected chi connectivity index (χ2v) is 7.76. The maximum absolute atomic E-state index is 11.8. The van der Waals surface area contributed by atoms with Gasteiger partial charge in [0.25, 0.3) is 0 Å². The molecule has 3 N–H and O–H groups in total. The minimum atomic E-state index is -3.25. The topological polar surface area (TPSA) is 97.0 Å². The summed E-state index contributed by atoms with van der Waals surface area (Å²) in [5.74, 6) is 0.905. The van der Waals surface area contributed by atoms with Gasteiger partial charge < -0.3 is 15.4 Å². The fourth-order valence-electron chi connectivity index (χ4n) is 2.42. The van der Waals surface area contributed by atoms with Crippen LogP contribution >= 0.6 is 24.0 Å². The van der Waals surface area contributed by atoms with Crippen LogP contribution in [0.4, 0.5) is 0 Å². The van der Waals surface area contributed by atoms with Crippen molar-refractivity contribution in [3.63, 3.8) is 0 Å². The molecule has 1 saturated heterocycles. The van der Waals surface area contributed by atoms with Gasteiger partial charge in [0, 0.05) is 19.6 Å². The van der Waals surface area contributed by atoms with Crippen molar-refractivity contribution in [3.8, 4) is 0 Å². The zero-order chi connectivity index (χ0) is 15.3. The number of rotatable bonds is 6. The molecule has 2 fully saturated rings. The van der Waals surface area contributed by atoms with Crippen molar-refractivity contribution in [2.45, 2.75) is 32.3 Å². The molecule has 0 amide bonds. The second-order valence-electron chi connectivity index (χ2n) is 5.83. The van der Waals surface area contributed by atoms with Gasteiger partial charge in [-0.05, 0) is 25.7 Å². The molecule has 22 heavy (non-hydrogen) atoms. The molecule has 0 aromatic heterocycles. The molecule has 1 unspecified atom stereocenters. The highest BCUT2D eigenvalue weighted by Crippen LogP contribution is 2.25. The number of sulfonamides is 1. The Hall–Kier alpha value is -0.130. The van der Waals surface area contributed by atoms with E-state index in [1.54, 1.807) is 0 Å². The van der Waals surface area contributed by atoms with Crippen LogP contribution in [0.2, 0.25) is 0 Å². The van der Waals surface area contributed by atoms with E-state index in [0.29, 0.717) is 38.1 Å². The number of nitrogens with two attached hydrogens (primary N) is 1. The van der Waals surface area contributed by atoms with Gasteiger partial charge in [-0.1, -0.05) is 6.42 Å². The number of hydrogen-bond donors (Lipinski definition) is 2. The first-order valence-electron chi connectivity index (χ1n) is 7.60. The monoisotopic (exact) mass is 446 g/mol. The molecule has 0 aromatic rings. The van der Waals surface area contributed by atoms with Crippen LogP contribution in [0, 0.1) is 5.92 Å². The van der Waals surface area contributed by atoms with Gasteiger partial charge in [0.15, 0.2) is 5.96 Å². The SMILES string of the molecule is CC1CN(C(N)=NCCS(=O)(=O)NCC2CCC2)CCO1.I. The zero-order valence-corrected chi connectivity index (χ0v) is 16.2. The quantitative estimate of drug-likeness (QED) is 0.349. The van der Waals surface area contributed by atoms with Crippen LogP contribution in [0.3, 0.4) is 0 Å². The number of hydrogen-bond acceptors (Lipinski definition) is 4. The van der Waals surface area contributed by atoms with Crippen LogP contribution in [0.1, 0.15) is 26.2 Å². The molecule has 2 aliphatic rings. The molecule has 1 aliphatic carbocycles. The number of morpholine rings is 1. The molecular formula is C13H27IN4O3S. The minimum Gasteiger partial charge on any atom is -0.375 e. The molecule has 9 heteroatoms. The molecule has 1 atom stereocenters. The maximum Gasteiger partial charge on any atom is 0.213 e. The smallest absolute Gasteiger partial charge is 0.213 e. The van der Waals surface area contributed by atoms with Crippen LogP contribution in [0.25, 0.3) is 0 Å². The average Bonchev–Trinajstić information content (AvgIpc) is 2.36. The summed E-state index contributed by atoms with van der Waals surface area (Å²) >= 11 is 0. The van der Waals surface area contributed by atoms with Crippen molar-refractivity contribution >= 4 is 40.0 Å². The van der Waals surface area contributed by atoms with Gasteiger partial charge in [0.2, 0.25) is 10.0 Å². The molecular weight excluding hydrogens is 419 g/mol. The van der Waals surface area contributed by atoms with E-state index in [1.165, 1.54) is 6.42 Å². The Kier molecular flexibility index (Phi) is 8.36. The van der Waals surface area contributed by atoms with Crippen LogP contribution in [-0.2, 0) is 14.8 Å². The van der Waals surface area contributed by atoms with E-state index in [4.69, 9.17) is 10.5 Å². The van der Waals surface area contributed by atoms with E-state index < -0.39 is 10.0 Å². The van der Waals surface area contributed by atoms with E-state index >= 15 is 0 Å². The summed E-state index contributed by atoms with van der Waals surface area (Å²) in [4.78, 5) is 6.11. The van der Waals surface area contributed by atoms with Gasteiger partial charge in [-0.2, -0.15) is 0 Å². The molecule has 130 valence electrons. The lowest BCUT2D eigenvalue weighted by Crippen LogP contribution is -2.48. The third-order valence-electron chi connectivity index (χ3n) is 4.02. The summed E-state index contributed by atoms with van der Waals surface area (Å²) in [5, 5.41) is 0. The molecule has 2 rings (SSSR count). The van der Waals surface area contributed by atoms with Gasteiger partial charge >= 0.3 is 0 Å². The fourth-order valence-corrected chi connectivity index (χ4v) is 3.39. The first-order valence-corrected chi connectivity index (χ1v) is 9.25. The lowest BCUT2D eigenvalue weighted by atomic mass is 9.86. The van der Waals surface area contributed by atoms with Crippen molar-refractivity contribution in [1.29, 1.82) is 0 Å². The normalized spacial score (nSPS) is 23.8. The molecule has 7 nitrogen and oxygen atoms in total. The molecule has 0 bridgehead atoms. The third-order valence-corrected chi connectivity index (χ3v) is 5.34. The Morgan fingerprint density at radius 1 is 1.45 bits per heavy atom. The highest BCUT2D eigenvalue weighted by Gasteiger charge is 2.20. The first-order chi connectivity index (χ1) is 9.96. The minimum absolute atomic E-state index is 0. The van der Waals surface area contributed by atoms with Crippen molar-refractivity contribution in [2.24, 2.45) is 16.6 Å². The molecule has 0 radical (unpaired) electrons. The summed E-state index contributed by atoms with van der Waals surface area (Å²) in [7, 11) is -3.25. The van der Waals surface area contributed by atoms with E-state index in [1.807, 2.05) is 11.8 Å². The van der Waals surface area contributed by atoms with Crippen molar-refractivity contribution in [3.05, 3.63) is 0 Å². The van der Waals surface area contributed by atoms with Crippen molar-refractivity contribution in [1.82, 2.24) is 9.62 Å². The Balaban J connectivity index is 0.00000242. The summed E-state index contributed by atoms with van der Waals surface area (Å²) in [6, 6.07) is 0. The van der Waals surface area contributed by atoms with Crippen LogP contribution in [-0.4, -0.2) is 63.9 Å². The van der Waals surface area contributed by atoms with Crippen LogP contribution in [0.15, 0.2) is 4.99 Å². The Bertz CT molecular complexity index is 468. The van der Waals surface area contributed by atoms with E-state index in [9.17, 15) is 8.42 Å². The third kappa shape index (κ3) is 6.55. The number of nitrogens with one attached hydrogen (secondary N) is 1. The highest BCUT2D eigenvalue weighted by atomic mass is 127. The summed E-state index contributed by atoms with van der Waals surface area (Å²) in [5.41, 5.74) is 5.90. The van der Waals surface area contributed by atoms with Crippen LogP contribution < -0.4 is 10.5 Å². The average molecular weight is 446 g/mol. The van der Waals surface area contributed by atoms with Gasteiger partial charge in [-0.15, -0.1) is 24.0 Å². The first kappa shape index (κ1) is 19.9. The molecule has 1 aliphatic heterocycles. The maximum atomic E-state index is 11.8. The number of aliphatic imine (C=N–C) groups is 1. The lowest BCUT2D eigenvalue weighted by molar-refractivity contribution is 0.00531. The highest BCUT2D eigenvalue weighted by molar-refractivity contribution is 14.0. The van der Waals surface area contributed by atoms with Gasteiger partial charge in [-0.3, -0.25) is 4.99 Å². The van der Waals surface area contributed by atoms with Gasteiger partial charge in [0.05, 0.1) is 25.0 Å². The molecule has 1 heterocycles. The van der Waals surface area contributed by atoms with E-state index in [0.717, 1.165) is 12.8 Å².